The van der Waals surface area contributed by atoms with Crippen molar-refractivity contribution in [1.82, 2.24) is 10.3 Å². The third-order valence-electron chi connectivity index (χ3n) is 6.67. The van der Waals surface area contributed by atoms with Crippen LogP contribution in [0, 0.1) is 5.92 Å². The Morgan fingerprint density at radius 2 is 1.91 bits per heavy atom. The molecule has 0 bridgehead atoms. The number of alkyl halides is 2. The smallest absolute Gasteiger partial charge is 0.255 e. The zero-order chi connectivity index (χ0) is 24.3. The first-order chi connectivity index (χ1) is 16.2. The van der Waals surface area contributed by atoms with Gasteiger partial charge in [-0.2, -0.15) is 0 Å². The highest BCUT2D eigenvalue weighted by atomic mass is 19.3. The molecular weight excluding hydrogens is 440 g/mol. The van der Waals surface area contributed by atoms with Crippen LogP contribution in [-0.2, 0) is 4.79 Å². The summed E-state index contributed by atoms with van der Waals surface area (Å²) < 4.78 is 37.5. The second-order valence-corrected chi connectivity index (χ2v) is 9.41. The van der Waals surface area contributed by atoms with Crippen molar-refractivity contribution in [3.8, 4) is 11.5 Å². The van der Waals surface area contributed by atoms with Crippen molar-refractivity contribution in [3.63, 3.8) is 0 Å². The van der Waals surface area contributed by atoms with Crippen LogP contribution in [0.5, 0.6) is 11.5 Å². The fraction of sp³-hybridized carbons (Fsp3) is 0.538. The van der Waals surface area contributed by atoms with Gasteiger partial charge in [0.15, 0.2) is 0 Å². The van der Waals surface area contributed by atoms with Gasteiger partial charge in [0.25, 0.3) is 5.92 Å². The second kappa shape index (κ2) is 10.2. The van der Waals surface area contributed by atoms with E-state index in [0.29, 0.717) is 12.3 Å². The first-order valence-electron chi connectivity index (χ1n) is 12.0. The van der Waals surface area contributed by atoms with Gasteiger partial charge in [-0.15, -0.1) is 0 Å². The van der Waals surface area contributed by atoms with Gasteiger partial charge in [0.1, 0.15) is 23.4 Å². The molecule has 0 spiro atoms. The molecule has 3 unspecified atom stereocenters. The molecule has 4 atom stereocenters. The van der Waals surface area contributed by atoms with Crippen LogP contribution < -0.4 is 19.7 Å². The van der Waals surface area contributed by atoms with E-state index in [1.807, 2.05) is 51.1 Å². The van der Waals surface area contributed by atoms with Crippen molar-refractivity contribution in [2.45, 2.75) is 64.0 Å². The number of carbonyl (C=O) groups excluding carboxylic acids is 1. The number of nitrogens with one attached hydrogen (secondary N) is 1. The maximum Gasteiger partial charge on any atom is 0.255 e. The fourth-order valence-electron chi connectivity index (χ4n) is 3.97. The average Bonchev–Trinajstić information content (AvgIpc) is 3.20. The zero-order valence-electron chi connectivity index (χ0n) is 20.0. The molecule has 0 radical (unpaired) electrons. The minimum absolute atomic E-state index is 0.0216. The monoisotopic (exact) mass is 473 g/mol. The van der Waals surface area contributed by atoms with Gasteiger partial charge in [0, 0.05) is 25.4 Å². The Labute approximate surface area is 199 Å². The molecule has 1 N–H and O–H groups in total. The Morgan fingerprint density at radius 1 is 1.21 bits per heavy atom. The van der Waals surface area contributed by atoms with E-state index in [4.69, 9.17) is 9.47 Å². The van der Waals surface area contributed by atoms with Gasteiger partial charge in [0.2, 0.25) is 5.91 Å². The molecule has 1 saturated carbocycles. The zero-order valence-corrected chi connectivity index (χ0v) is 20.0. The Hall–Kier alpha value is -2.90. The van der Waals surface area contributed by atoms with Crippen LogP contribution in [0.2, 0.25) is 0 Å². The SMILES string of the molecule is CC[C@@H](C)NC(=O)C(C)c1ccc(OC2CCN(c3ccc(OCC4CC4(F)F)cn3)C2)cc1. The Kier molecular flexibility index (Phi) is 7.24. The molecule has 1 aliphatic carbocycles. The van der Waals surface area contributed by atoms with Crippen molar-refractivity contribution in [2.75, 3.05) is 24.6 Å². The summed E-state index contributed by atoms with van der Waals surface area (Å²) in [6.07, 6.45) is 3.29. The highest BCUT2D eigenvalue weighted by Crippen LogP contribution is 2.48. The predicted octanol–water partition coefficient (Wildman–Crippen LogP) is 4.79. The van der Waals surface area contributed by atoms with E-state index >= 15 is 0 Å². The standard InChI is InChI=1S/C26H33F2N3O3/c1-4-17(2)30-25(32)18(3)19-5-7-21(8-6-19)34-23-11-12-31(15-23)24-10-9-22(14-29-24)33-16-20-13-26(20,27)28/h5-10,14,17-18,20,23H,4,11-13,15-16H2,1-3H3,(H,30,32)/t17-,18?,20?,23?/m1/s1. The van der Waals surface area contributed by atoms with Crippen LogP contribution in [0.3, 0.4) is 0 Å². The molecule has 1 aliphatic heterocycles. The van der Waals surface area contributed by atoms with E-state index in [1.54, 1.807) is 12.3 Å². The number of rotatable bonds is 10. The Morgan fingerprint density at radius 3 is 2.53 bits per heavy atom. The Balaban J connectivity index is 1.25. The van der Waals surface area contributed by atoms with Crippen molar-refractivity contribution in [3.05, 3.63) is 48.2 Å². The molecule has 2 aromatic rings. The van der Waals surface area contributed by atoms with Crippen molar-refractivity contribution >= 4 is 11.7 Å². The number of amides is 1. The molecule has 34 heavy (non-hydrogen) atoms. The van der Waals surface area contributed by atoms with Crippen LogP contribution >= 0.6 is 0 Å². The van der Waals surface area contributed by atoms with Crippen LogP contribution in [-0.4, -0.2) is 48.7 Å². The van der Waals surface area contributed by atoms with E-state index in [0.717, 1.165) is 36.5 Å². The molecule has 1 amide bonds. The summed E-state index contributed by atoms with van der Waals surface area (Å²) in [4.78, 5) is 18.9. The largest absolute Gasteiger partial charge is 0.491 e. The summed E-state index contributed by atoms with van der Waals surface area (Å²) in [7, 11) is 0. The molecule has 2 heterocycles. The molecule has 2 fully saturated rings. The first kappa shape index (κ1) is 24.2. The highest BCUT2D eigenvalue weighted by Gasteiger charge is 2.57. The first-order valence-corrected chi connectivity index (χ1v) is 12.0. The van der Waals surface area contributed by atoms with Crippen molar-refractivity contribution in [2.24, 2.45) is 5.92 Å². The summed E-state index contributed by atoms with van der Waals surface area (Å²) in [5.74, 6) is -1.34. The normalized spacial score (nSPS) is 22.7. The highest BCUT2D eigenvalue weighted by molar-refractivity contribution is 5.83. The van der Waals surface area contributed by atoms with Gasteiger partial charge in [0.05, 0.1) is 31.2 Å². The number of carbonyl (C=O) groups is 1. The minimum atomic E-state index is -2.57. The summed E-state index contributed by atoms with van der Waals surface area (Å²) >= 11 is 0. The molecule has 2 aliphatic rings. The van der Waals surface area contributed by atoms with Crippen LogP contribution in [0.25, 0.3) is 0 Å². The van der Waals surface area contributed by atoms with Crippen LogP contribution in [0.1, 0.15) is 51.5 Å². The molecule has 1 aromatic heterocycles. The van der Waals surface area contributed by atoms with Crippen LogP contribution in [0.4, 0.5) is 14.6 Å². The van der Waals surface area contributed by atoms with Crippen LogP contribution in [0.15, 0.2) is 42.6 Å². The lowest BCUT2D eigenvalue weighted by atomic mass is 10.00. The average molecular weight is 474 g/mol. The van der Waals surface area contributed by atoms with Gasteiger partial charge in [-0.25, -0.2) is 13.8 Å². The van der Waals surface area contributed by atoms with Gasteiger partial charge in [-0.3, -0.25) is 4.79 Å². The summed E-state index contributed by atoms with van der Waals surface area (Å²) in [6, 6.07) is 11.5. The quantitative estimate of drug-likeness (QED) is 0.538. The lowest BCUT2D eigenvalue weighted by Crippen LogP contribution is -2.35. The molecule has 184 valence electrons. The number of nitrogens with zero attached hydrogens (tertiary/aromatic N) is 2. The maximum atomic E-state index is 13.0. The van der Waals surface area contributed by atoms with Crippen molar-refractivity contribution < 1.29 is 23.0 Å². The topological polar surface area (TPSA) is 63.7 Å². The minimum Gasteiger partial charge on any atom is -0.491 e. The fourth-order valence-corrected chi connectivity index (χ4v) is 3.97. The van der Waals surface area contributed by atoms with E-state index in [2.05, 4.69) is 15.2 Å². The maximum absolute atomic E-state index is 13.0. The molecule has 6 nitrogen and oxygen atoms in total. The van der Waals surface area contributed by atoms with Gasteiger partial charge in [-0.05, 0) is 50.1 Å². The molecule has 1 aromatic carbocycles. The third kappa shape index (κ3) is 5.96. The van der Waals surface area contributed by atoms with Gasteiger partial charge in [-0.1, -0.05) is 19.1 Å². The van der Waals surface area contributed by atoms with E-state index in [-0.39, 0.29) is 37.0 Å². The molecule has 4 rings (SSSR count). The van der Waals surface area contributed by atoms with Crippen molar-refractivity contribution in [1.29, 1.82) is 0 Å². The summed E-state index contributed by atoms with van der Waals surface area (Å²) in [5.41, 5.74) is 0.957. The number of hydrogen-bond acceptors (Lipinski definition) is 5. The number of hydrogen-bond donors (Lipinski definition) is 1. The number of benzene rings is 1. The Bertz CT molecular complexity index is 968. The molecular formula is C26H33F2N3O3. The number of aromatic nitrogens is 1. The number of halogens is 2. The van der Waals surface area contributed by atoms with E-state index in [9.17, 15) is 13.6 Å². The number of pyridine rings is 1. The molecule has 8 heteroatoms. The lowest BCUT2D eigenvalue weighted by molar-refractivity contribution is -0.122. The van der Waals surface area contributed by atoms with Gasteiger partial charge >= 0.3 is 0 Å². The summed E-state index contributed by atoms with van der Waals surface area (Å²) in [5, 5.41) is 3.02. The van der Waals surface area contributed by atoms with Gasteiger partial charge < -0.3 is 19.7 Å². The lowest BCUT2D eigenvalue weighted by Gasteiger charge is -2.19. The predicted molar refractivity (Wildman–Crippen MR) is 127 cm³/mol. The van der Waals surface area contributed by atoms with E-state index < -0.39 is 11.8 Å². The summed E-state index contributed by atoms with van der Waals surface area (Å²) in [6.45, 7) is 7.50. The van der Waals surface area contributed by atoms with E-state index in [1.165, 1.54) is 0 Å². The number of ether oxygens (including phenoxy) is 2. The third-order valence-corrected chi connectivity index (χ3v) is 6.67. The second-order valence-electron chi connectivity index (χ2n) is 9.41. The number of anilines is 1. The molecule has 1 saturated heterocycles.